The molecule has 1 aliphatic heterocycles. The number of hydrogen-bond donors (Lipinski definition) is 3. The molecule has 0 saturated carbocycles. The molecule has 0 aromatic carbocycles. The van der Waals surface area contributed by atoms with Gasteiger partial charge in [-0.3, -0.25) is 4.79 Å². The average molecular weight is 161 g/mol. The van der Waals surface area contributed by atoms with Crippen molar-refractivity contribution >= 4 is 5.97 Å². The lowest BCUT2D eigenvalue weighted by Crippen LogP contribution is -2.29. The molecule has 1 aliphatic rings. The van der Waals surface area contributed by atoms with Gasteiger partial charge in [0, 0.05) is 6.61 Å². The van der Waals surface area contributed by atoms with Crippen LogP contribution in [0.1, 0.15) is 19.8 Å². The van der Waals surface area contributed by atoms with Crippen LogP contribution in [0.4, 0.5) is 0 Å². The molecule has 1 heterocycles. The first-order chi connectivity index (χ1) is 5.22. The smallest absolute Gasteiger partial charge is 0.320 e. The van der Waals surface area contributed by atoms with Gasteiger partial charge in [-0.05, 0) is 26.3 Å². The zero-order valence-electron chi connectivity index (χ0n) is 6.71. The number of hydrogen-bond acceptors (Lipinski definition) is 3. The molecule has 66 valence electrons. The first-order valence-corrected chi connectivity index (χ1v) is 3.79. The summed E-state index contributed by atoms with van der Waals surface area (Å²) >= 11 is 0. The molecule has 0 aromatic heterocycles. The Balaban J connectivity index is 0.000000292. The van der Waals surface area contributed by atoms with Gasteiger partial charge < -0.3 is 15.5 Å². The fraction of sp³-hybridized carbons (Fsp3) is 0.857. The Morgan fingerprint density at radius 3 is 2.45 bits per heavy atom. The number of carbonyl (C=O) groups is 1. The highest BCUT2D eigenvalue weighted by atomic mass is 16.4. The lowest BCUT2D eigenvalue weighted by molar-refractivity contribution is -0.139. The Bertz CT molecular complexity index is 110. The summed E-state index contributed by atoms with van der Waals surface area (Å²) in [7, 11) is 0. The van der Waals surface area contributed by atoms with Crippen LogP contribution in [0.15, 0.2) is 0 Å². The van der Waals surface area contributed by atoms with Crippen LogP contribution >= 0.6 is 0 Å². The lowest BCUT2D eigenvalue weighted by atomic mass is 10.2. The molecule has 1 fully saturated rings. The number of rotatable bonds is 1. The monoisotopic (exact) mass is 161 g/mol. The molecular weight excluding hydrogens is 146 g/mol. The summed E-state index contributed by atoms with van der Waals surface area (Å²) in [6, 6.07) is -0.269. The van der Waals surface area contributed by atoms with E-state index in [1.165, 1.54) is 0 Å². The van der Waals surface area contributed by atoms with Crippen LogP contribution in [0.2, 0.25) is 0 Å². The van der Waals surface area contributed by atoms with Crippen molar-refractivity contribution in [3.05, 3.63) is 0 Å². The number of aliphatic carboxylic acids is 1. The van der Waals surface area contributed by atoms with Crippen molar-refractivity contribution in [1.82, 2.24) is 5.32 Å². The molecule has 0 unspecified atom stereocenters. The first-order valence-electron chi connectivity index (χ1n) is 3.79. The van der Waals surface area contributed by atoms with Gasteiger partial charge in [-0.15, -0.1) is 0 Å². The van der Waals surface area contributed by atoms with Crippen LogP contribution in [0.25, 0.3) is 0 Å². The van der Waals surface area contributed by atoms with Crippen LogP contribution < -0.4 is 5.32 Å². The molecule has 3 N–H and O–H groups in total. The predicted molar refractivity (Wildman–Crippen MR) is 41.4 cm³/mol. The maximum absolute atomic E-state index is 10.1. The van der Waals surface area contributed by atoms with Crippen LogP contribution in [-0.4, -0.2) is 35.4 Å². The highest BCUT2D eigenvalue weighted by molar-refractivity contribution is 5.73. The second-order valence-corrected chi connectivity index (χ2v) is 2.30. The normalized spacial score (nSPS) is 22.2. The van der Waals surface area contributed by atoms with Crippen LogP contribution in [0.5, 0.6) is 0 Å². The Morgan fingerprint density at radius 1 is 1.73 bits per heavy atom. The maximum Gasteiger partial charge on any atom is 0.320 e. The Labute approximate surface area is 66.2 Å². The molecule has 11 heavy (non-hydrogen) atoms. The van der Waals surface area contributed by atoms with Crippen molar-refractivity contribution in [2.75, 3.05) is 13.2 Å². The van der Waals surface area contributed by atoms with E-state index in [9.17, 15) is 4.79 Å². The number of aliphatic hydroxyl groups is 1. The molecule has 0 spiro atoms. The summed E-state index contributed by atoms with van der Waals surface area (Å²) in [6.07, 6.45) is 1.78. The molecule has 1 atom stereocenters. The zero-order valence-corrected chi connectivity index (χ0v) is 6.71. The third-order valence-corrected chi connectivity index (χ3v) is 1.36. The summed E-state index contributed by atoms with van der Waals surface area (Å²) in [6.45, 7) is 2.79. The van der Waals surface area contributed by atoms with Gasteiger partial charge in [0.1, 0.15) is 6.04 Å². The van der Waals surface area contributed by atoms with Gasteiger partial charge in [0.25, 0.3) is 0 Å². The maximum atomic E-state index is 10.1. The lowest BCUT2D eigenvalue weighted by Gasteiger charge is -1.99. The zero-order chi connectivity index (χ0) is 8.69. The van der Waals surface area contributed by atoms with Gasteiger partial charge in [-0.2, -0.15) is 0 Å². The van der Waals surface area contributed by atoms with E-state index >= 15 is 0 Å². The number of aliphatic hydroxyl groups excluding tert-OH is 1. The van der Waals surface area contributed by atoms with E-state index in [0.717, 1.165) is 19.4 Å². The third kappa shape index (κ3) is 4.75. The summed E-state index contributed by atoms with van der Waals surface area (Å²) in [5.41, 5.74) is 0. The van der Waals surface area contributed by atoms with Crippen molar-refractivity contribution < 1.29 is 15.0 Å². The molecule has 0 aliphatic carbocycles. The fourth-order valence-electron chi connectivity index (χ4n) is 0.895. The second-order valence-electron chi connectivity index (χ2n) is 2.30. The molecule has 0 radical (unpaired) electrons. The van der Waals surface area contributed by atoms with E-state index in [1.807, 2.05) is 0 Å². The molecule has 0 aromatic rings. The summed E-state index contributed by atoms with van der Waals surface area (Å²) in [5, 5.41) is 18.8. The molecule has 4 nitrogen and oxygen atoms in total. The molecule has 0 bridgehead atoms. The highest BCUT2D eigenvalue weighted by Crippen LogP contribution is 2.03. The standard InChI is InChI=1S/C5H9NO2.C2H6O/c7-5(8)4-2-1-3-6-4;1-2-3/h4,6H,1-3H2,(H,7,8);3H,2H2,1H3/t4-;/m0./s1. The Morgan fingerprint density at radius 2 is 2.27 bits per heavy atom. The van der Waals surface area contributed by atoms with E-state index in [0.29, 0.717) is 0 Å². The molecule has 0 amide bonds. The van der Waals surface area contributed by atoms with Gasteiger partial charge in [-0.25, -0.2) is 0 Å². The fourth-order valence-corrected chi connectivity index (χ4v) is 0.895. The summed E-state index contributed by atoms with van der Waals surface area (Å²) in [4.78, 5) is 10.1. The van der Waals surface area contributed by atoms with Gasteiger partial charge in [-0.1, -0.05) is 0 Å². The summed E-state index contributed by atoms with van der Waals surface area (Å²) in [5.74, 6) is -0.720. The first kappa shape index (κ1) is 10.4. The molecule has 4 heteroatoms. The molecular formula is C7H15NO3. The van der Waals surface area contributed by atoms with Crippen molar-refractivity contribution in [3.63, 3.8) is 0 Å². The van der Waals surface area contributed by atoms with E-state index in [-0.39, 0.29) is 12.6 Å². The van der Waals surface area contributed by atoms with E-state index < -0.39 is 5.97 Å². The van der Waals surface area contributed by atoms with Crippen molar-refractivity contribution in [2.24, 2.45) is 0 Å². The van der Waals surface area contributed by atoms with Gasteiger partial charge in [0.2, 0.25) is 0 Å². The largest absolute Gasteiger partial charge is 0.480 e. The predicted octanol–water partition coefficient (Wildman–Crippen LogP) is -0.178. The average Bonchev–Trinajstić information content (AvgIpc) is 2.38. The molecule has 1 saturated heterocycles. The minimum absolute atomic E-state index is 0.250. The Hall–Kier alpha value is -0.610. The highest BCUT2D eigenvalue weighted by Gasteiger charge is 2.20. The third-order valence-electron chi connectivity index (χ3n) is 1.36. The Kier molecular flexibility index (Phi) is 5.78. The van der Waals surface area contributed by atoms with Gasteiger partial charge in [0.05, 0.1) is 0 Å². The topological polar surface area (TPSA) is 69.6 Å². The van der Waals surface area contributed by atoms with Crippen molar-refractivity contribution in [2.45, 2.75) is 25.8 Å². The SMILES string of the molecule is CCO.O=C(O)[C@@H]1CCCN1. The van der Waals surface area contributed by atoms with Crippen molar-refractivity contribution in [3.8, 4) is 0 Å². The van der Waals surface area contributed by atoms with E-state index in [2.05, 4.69) is 5.32 Å². The van der Waals surface area contributed by atoms with Crippen molar-refractivity contribution in [1.29, 1.82) is 0 Å². The summed E-state index contributed by atoms with van der Waals surface area (Å²) < 4.78 is 0. The van der Waals surface area contributed by atoms with E-state index in [4.69, 9.17) is 10.2 Å². The van der Waals surface area contributed by atoms with Crippen LogP contribution in [0, 0.1) is 0 Å². The minimum atomic E-state index is -0.720. The van der Waals surface area contributed by atoms with Crippen LogP contribution in [0.3, 0.4) is 0 Å². The van der Waals surface area contributed by atoms with Gasteiger partial charge >= 0.3 is 5.97 Å². The van der Waals surface area contributed by atoms with Crippen LogP contribution in [-0.2, 0) is 4.79 Å². The number of carboxylic acids is 1. The minimum Gasteiger partial charge on any atom is -0.480 e. The van der Waals surface area contributed by atoms with E-state index in [1.54, 1.807) is 6.92 Å². The second kappa shape index (κ2) is 6.12. The van der Waals surface area contributed by atoms with Gasteiger partial charge in [0.15, 0.2) is 0 Å². The quantitative estimate of drug-likeness (QED) is 0.499. The molecule has 1 rings (SSSR count). The number of nitrogens with one attached hydrogen (secondary N) is 1. The number of carboxylic acid groups (broad SMARTS) is 1.